The SMILES string of the molecule is CCCCCCCCCC/C=C\CCCCCCCCCCCC(=O)OC(COC(=O)CC)COC1OC(COC2OC(CO)C(O)C(O)C2O)C(O)C(O)C1O. The molecule has 0 amide bonds. The van der Waals surface area contributed by atoms with Gasteiger partial charge in [0.25, 0.3) is 0 Å². The first kappa shape index (κ1) is 51.4. The van der Waals surface area contributed by atoms with Crippen molar-refractivity contribution in [1.82, 2.24) is 0 Å². The fourth-order valence-corrected chi connectivity index (χ4v) is 6.84. The lowest BCUT2D eigenvalue weighted by atomic mass is 9.98. The van der Waals surface area contributed by atoms with Crippen LogP contribution in [0.2, 0.25) is 0 Å². The van der Waals surface area contributed by atoms with E-state index < -0.39 is 92.7 Å². The standard InChI is InChI=1S/C42H76O15/c1-3-5-6-7-8-9-10-11-12-13-14-15-16-17-18-19-20-21-22-23-24-25-34(45)55-30(27-52-33(44)4-2)28-53-41-40(51)38(49)36(47)32(57-41)29-54-42-39(50)37(48)35(46)31(26-43)56-42/h13-14,30-32,35-43,46-51H,3-12,15-29H2,1-2H3/b14-13-. The molecule has 2 rings (SSSR count). The minimum Gasteiger partial charge on any atom is -0.462 e. The largest absolute Gasteiger partial charge is 0.462 e. The first-order chi connectivity index (χ1) is 27.5. The Labute approximate surface area is 340 Å². The smallest absolute Gasteiger partial charge is 0.306 e. The lowest BCUT2D eigenvalue weighted by Gasteiger charge is -2.42. The predicted molar refractivity (Wildman–Crippen MR) is 211 cm³/mol. The quantitative estimate of drug-likeness (QED) is 0.0290. The molecule has 2 aliphatic heterocycles. The molecule has 15 heteroatoms. The molecule has 15 nitrogen and oxygen atoms in total. The maximum absolute atomic E-state index is 12.7. The summed E-state index contributed by atoms with van der Waals surface area (Å²) in [7, 11) is 0. The number of hydrogen-bond donors (Lipinski definition) is 7. The van der Waals surface area contributed by atoms with Gasteiger partial charge in [0.1, 0.15) is 55.4 Å². The zero-order chi connectivity index (χ0) is 41.8. The molecule has 0 aromatic heterocycles. The number of carbonyl (C=O) groups is 2. The van der Waals surface area contributed by atoms with E-state index in [0.29, 0.717) is 6.42 Å². The Morgan fingerprint density at radius 3 is 1.56 bits per heavy atom. The van der Waals surface area contributed by atoms with Crippen molar-refractivity contribution in [2.75, 3.05) is 26.4 Å². The van der Waals surface area contributed by atoms with Crippen LogP contribution < -0.4 is 0 Å². The van der Waals surface area contributed by atoms with Crippen molar-refractivity contribution < 1.29 is 73.8 Å². The number of hydrogen-bond acceptors (Lipinski definition) is 15. The third kappa shape index (κ3) is 20.9. The number of aliphatic hydroxyl groups excluding tert-OH is 7. The molecule has 2 fully saturated rings. The molecule has 0 aromatic rings. The van der Waals surface area contributed by atoms with Crippen molar-refractivity contribution in [3.8, 4) is 0 Å². The first-order valence-electron chi connectivity index (χ1n) is 21.8. The summed E-state index contributed by atoms with van der Waals surface area (Å²) in [5, 5.41) is 71.2. The van der Waals surface area contributed by atoms with Crippen LogP contribution in [-0.4, -0.2) is 142 Å². The number of ether oxygens (including phenoxy) is 6. The van der Waals surface area contributed by atoms with Crippen LogP contribution in [0.5, 0.6) is 0 Å². The van der Waals surface area contributed by atoms with Crippen LogP contribution in [0.4, 0.5) is 0 Å². The summed E-state index contributed by atoms with van der Waals surface area (Å²) in [5.74, 6) is -1.02. The monoisotopic (exact) mass is 821 g/mol. The molecule has 7 N–H and O–H groups in total. The van der Waals surface area contributed by atoms with E-state index in [1.807, 2.05) is 0 Å². The lowest BCUT2D eigenvalue weighted by Crippen LogP contribution is -2.61. The highest BCUT2D eigenvalue weighted by molar-refractivity contribution is 5.70. The molecule has 0 aromatic carbocycles. The molecule has 11 unspecified atom stereocenters. The van der Waals surface area contributed by atoms with Gasteiger partial charge >= 0.3 is 11.9 Å². The van der Waals surface area contributed by atoms with E-state index in [-0.39, 0.29) is 26.1 Å². The Hall–Kier alpha value is -1.76. The molecule has 0 bridgehead atoms. The number of esters is 2. The third-order valence-corrected chi connectivity index (χ3v) is 10.5. The molecule has 2 aliphatic rings. The summed E-state index contributed by atoms with van der Waals surface area (Å²) >= 11 is 0. The molecular formula is C42H76O15. The summed E-state index contributed by atoms with van der Waals surface area (Å²) in [6, 6.07) is 0. The summed E-state index contributed by atoms with van der Waals surface area (Å²) < 4.78 is 32.7. The molecule has 57 heavy (non-hydrogen) atoms. The van der Waals surface area contributed by atoms with E-state index in [0.717, 1.165) is 25.7 Å². The molecule has 0 aliphatic carbocycles. The number of rotatable bonds is 32. The fraction of sp³-hybridized carbons (Fsp3) is 0.905. The van der Waals surface area contributed by atoms with Crippen molar-refractivity contribution in [2.45, 2.75) is 216 Å². The number of allylic oxidation sites excluding steroid dienone is 2. The van der Waals surface area contributed by atoms with Gasteiger partial charge in [-0.05, 0) is 32.1 Å². The van der Waals surface area contributed by atoms with E-state index in [2.05, 4.69) is 19.1 Å². The van der Waals surface area contributed by atoms with Crippen LogP contribution in [0.3, 0.4) is 0 Å². The van der Waals surface area contributed by atoms with Gasteiger partial charge < -0.3 is 64.2 Å². The molecule has 0 radical (unpaired) electrons. The molecule has 11 atom stereocenters. The van der Waals surface area contributed by atoms with Gasteiger partial charge in [-0.3, -0.25) is 9.59 Å². The second-order valence-electron chi connectivity index (χ2n) is 15.5. The lowest BCUT2D eigenvalue weighted by molar-refractivity contribution is -0.332. The van der Waals surface area contributed by atoms with Crippen LogP contribution in [0.1, 0.15) is 149 Å². The van der Waals surface area contributed by atoms with Crippen LogP contribution in [0.15, 0.2) is 12.2 Å². The van der Waals surface area contributed by atoms with Crippen LogP contribution in [0, 0.1) is 0 Å². The van der Waals surface area contributed by atoms with Gasteiger partial charge in [-0.25, -0.2) is 0 Å². The molecule has 0 saturated carbocycles. The normalized spacial score (nSPS) is 28.4. The summed E-state index contributed by atoms with van der Waals surface area (Å²) in [6.45, 7) is 1.97. The van der Waals surface area contributed by atoms with E-state index >= 15 is 0 Å². The zero-order valence-electron chi connectivity index (χ0n) is 34.6. The minimum atomic E-state index is -1.76. The summed E-state index contributed by atoms with van der Waals surface area (Å²) in [6.07, 6.45) is 11.1. The van der Waals surface area contributed by atoms with E-state index in [4.69, 9.17) is 28.4 Å². The van der Waals surface area contributed by atoms with Crippen molar-refractivity contribution in [2.24, 2.45) is 0 Å². The fourth-order valence-electron chi connectivity index (χ4n) is 6.84. The molecular weight excluding hydrogens is 744 g/mol. The van der Waals surface area contributed by atoms with E-state index in [9.17, 15) is 45.3 Å². The highest BCUT2D eigenvalue weighted by Crippen LogP contribution is 2.26. The topological polar surface area (TPSA) is 231 Å². The maximum atomic E-state index is 12.7. The van der Waals surface area contributed by atoms with Gasteiger partial charge in [-0.15, -0.1) is 0 Å². The van der Waals surface area contributed by atoms with Gasteiger partial charge in [-0.1, -0.05) is 116 Å². The molecule has 334 valence electrons. The highest BCUT2D eigenvalue weighted by atomic mass is 16.7. The van der Waals surface area contributed by atoms with E-state index in [1.165, 1.54) is 89.9 Å². The number of carbonyl (C=O) groups excluding carboxylic acids is 2. The Morgan fingerprint density at radius 2 is 1.04 bits per heavy atom. The van der Waals surface area contributed by atoms with Crippen molar-refractivity contribution in [3.63, 3.8) is 0 Å². The Morgan fingerprint density at radius 1 is 0.561 bits per heavy atom. The Kier molecular flexibility index (Phi) is 28.1. The molecule has 0 spiro atoms. The third-order valence-electron chi connectivity index (χ3n) is 10.5. The van der Waals surface area contributed by atoms with Crippen molar-refractivity contribution in [3.05, 3.63) is 12.2 Å². The predicted octanol–water partition coefficient (Wildman–Crippen LogP) is 3.87. The Balaban J connectivity index is 1.64. The van der Waals surface area contributed by atoms with Crippen molar-refractivity contribution in [1.29, 1.82) is 0 Å². The second-order valence-corrected chi connectivity index (χ2v) is 15.5. The summed E-state index contributed by atoms with van der Waals surface area (Å²) in [5.41, 5.74) is 0. The van der Waals surface area contributed by atoms with Gasteiger partial charge in [0.05, 0.1) is 19.8 Å². The minimum absolute atomic E-state index is 0.100. The average molecular weight is 821 g/mol. The van der Waals surface area contributed by atoms with Crippen molar-refractivity contribution >= 4 is 11.9 Å². The summed E-state index contributed by atoms with van der Waals surface area (Å²) in [4.78, 5) is 24.5. The van der Waals surface area contributed by atoms with Gasteiger partial charge in [-0.2, -0.15) is 0 Å². The Bertz CT molecular complexity index is 1060. The van der Waals surface area contributed by atoms with Crippen LogP contribution in [0.25, 0.3) is 0 Å². The van der Waals surface area contributed by atoms with Gasteiger partial charge in [0.2, 0.25) is 0 Å². The highest BCUT2D eigenvalue weighted by Gasteiger charge is 2.47. The zero-order valence-corrected chi connectivity index (χ0v) is 34.6. The molecule has 2 heterocycles. The van der Waals surface area contributed by atoms with Gasteiger partial charge in [0.15, 0.2) is 18.7 Å². The van der Waals surface area contributed by atoms with Crippen LogP contribution >= 0.6 is 0 Å². The van der Waals surface area contributed by atoms with Gasteiger partial charge in [0, 0.05) is 12.8 Å². The number of unbranched alkanes of at least 4 members (excludes halogenated alkanes) is 17. The van der Waals surface area contributed by atoms with Crippen LogP contribution in [-0.2, 0) is 38.0 Å². The number of aliphatic hydroxyl groups is 7. The first-order valence-corrected chi connectivity index (χ1v) is 21.8. The second kappa shape index (κ2) is 31.2. The maximum Gasteiger partial charge on any atom is 0.306 e. The van der Waals surface area contributed by atoms with E-state index in [1.54, 1.807) is 6.92 Å². The molecule has 2 saturated heterocycles. The average Bonchev–Trinajstić information content (AvgIpc) is 3.21.